The molecule has 1 aromatic carbocycles. The van der Waals surface area contributed by atoms with Crippen LogP contribution >= 0.6 is 0 Å². The summed E-state index contributed by atoms with van der Waals surface area (Å²) >= 11 is 0. The molecule has 0 spiro atoms. The van der Waals surface area contributed by atoms with Crippen molar-refractivity contribution in [1.29, 1.82) is 0 Å². The minimum atomic E-state index is -0.236. The third kappa shape index (κ3) is 3.20. The molecule has 0 atom stereocenters. The maximum Gasteiger partial charge on any atom is 0.269 e. The number of carbonyl (C=O) groups excluding carboxylic acids is 1. The molecule has 0 saturated carbocycles. The van der Waals surface area contributed by atoms with Crippen molar-refractivity contribution in [3.63, 3.8) is 0 Å². The van der Waals surface area contributed by atoms with Gasteiger partial charge in [0.1, 0.15) is 0 Å². The highest BCUT2D eigenvalue weighted by molar-refractivity contribution is 5.93. The van der Waals surface area contributed by atoms with Crippen molar-refractivity contribution in [3.8, 4) is 0 Å². The molecule has 0 bridgehead atoms. The highest BCUT2D eigenvalue weighted by Crippen LogP contribution is 1.98. The summed E-state index contributed by atoms with van der Waals surface area (Å²) in [7, 11) is 0. The lowest BCUT2D eigenvalue weighted by Crippen LogP contribution is -2.37. The van der Waals surface area contributed by atoms with E-state index in [-0.39, 0.29) is 5.91 Å². The van der Waals surface area contributed by atoms with Crippen LogP contribution in [0, 0.1) is 0 Å². The maximum absolute atomic E-state index is 11.7. The zero-order valence-electron chi connectivity index (χ0n) is 8.96. The van der Waals surface area contributed by atoms with Gasteiger partial charge in [0, 0.05) is 17.8 Å². The fraction of sp³-hybridized carbons (Fsp3) is 0. The van der Waals surface area contributed by atoms with Crippen LogP contribution in [0.15, 0.2) is 59.6 Å². The van der Waals surface area contributed by atoms with Gasteiger partial charge in [-0.1, -0.05) is 18.2 Å². The van der Waals surface area contributed by atoms with E-state index in [1.807, 2.05) is 6.07 Å². The van der Waals surface area contributed by atoms with E-state index in [2.05, 4.69) is 15.8 Å². The quantitative estimate of drug-likeness (QED) is 0.769. The van der Waals surface area contributed by atoms with Gasteiger partial charge in [0.15, 0.2) is 6.40 Å². The van der Waals surface area contributed by atoms with E-state index in [0.717, 1.165) is 0 Å². The van der Waals surface area contributed by atoms with E-state index >= 15 is 0 Å². The summed E-state index contributed by atoms with van der Waals surface area (Å²) in [6, 6.07) is 8.89. The fourth-order valence-corrected chi connectivity index (χ4v) is 1.19. The van der Waals surface area contributed by atoms with Crippen LogP contribution in [0.2, 0.25) is 0 Å². The van der Waals surface area contributed by atoms with Gasteiger partial charge in [-0.15, -0.1) is 0 Å². The number of benzene rings is 1. The van der Waals surface area contributed by atoms with Crippen LogP contribution in [0.3, 0.4) is 0 Å². The number of ether oxygens (including phenoxy) is 1. The molecular weight excluding hydrogens is 218 g/mol. The van der Waals surface area contributed by atoms with Crippen molar-refractivity contribution in [1.82, 2.24) is 10.9 Å². The number of nitrogens with one attached hydrogen (secondary N) is 2. The van der Waals surface area contributed by atoms with Crippen LogP contribution in [0.1, 0.15) is 10.4 Å². The third-order valence-corrected chi connectivity index (χ3v) is 2.00. The zero-order valence-corrected chi connectivity index (χ0v) is 8.96. The monoisotopic (exact) mass is 229 g/mol. The van der Waals surface area contributed by atoms with E-state index in [9.17, 15) is 4.79 Å². The lowest BCUT2D eigenvalue weighted by Gasteiger charge is -2.09. The fourth-order valence-electron chi connectivity index (χ4n) is 1.19. The Morgan fingerprint density at radius 2 is 2.06 bits per heavy atom. The highest BCUT2D eigenvalue weighted by Gasteiger charge is 2.04. The predicted molar refractivity (Wildman–Crippen MR) is 63.8 cm³/mol. The molecule has 2 rings (SSSR count). The highest BCUT2D eigenvalue weighted by atomic mass is 16.5. The van der Waals surface area contributed by atoms with Crippen molar-refractivity contribution >= 4 is 12.3 Å². The van der Waals surface area contributed by atoms with Crippen molar-refractivity contribution in [2.75, 3.05) is 0 Å². The molecule has 1 amide bonds. The summed E-state index contributed by atoms with van der Waals surface area (Å²) in [6.07, 6.45) is 6.20. The molecule has 0 aromatic heterocycles. The van der Waals surface area contributed by atoms with Gasteiger partial charge in [-0.05, 0) is 18.2 Å². The third-order valence-electron chi connectivity index (χ3n) is 2.00. The Labute approximate surface area is 98.5 Å². The Balaban J connectivity index is 1.91. The summed E-state index contributed by atoms with van der Waals surface area (Å²) in [5, 5.41) is 0. The molecule has 0 unspecified atom stereocenters. The minimum Gasteiger partial charge on any atom is -0.428 e. The average molecular weight is 229 g/mol. The number of nitrogens with zero attached hydrogens (tertiary/aromatic N) is 1. The van der Waals surface area contributed by atoms with Crippen molar-refractivity contribution in [2.45, 2.75) is 0 Å². The number of amides is 1. The number of hydrogen-bond donors (Lipinski definition) is 2. The van der Waals surface area contributed by atoms with E-state index in [0.29, 0.717) is 11.4 Å². The number of hydrazine groups is 1. The largest absolute Gasteiger partial charge is 0.428 e. The number of aliphatic imine (C=N–C) groups is 1. The molecule has 2 N–H and O–H groups in total. The Morgan fingerprint density at radius 3 is 2.88 bits per heavy atom. The molecule has 1 aliphatic heterocycles. The van der Waals surface area contributed by atoms with E-state index in [1.54, 1.807) is 42.6 Å². The first-order valence-electron chi connectivity index (χ1n) is 5.03. The van der Waals surface area contributed by atoms with Gasteiger partial charge >= 0.3 is 0 Å². The number of allylic oxidation sites excluding steroid dienone is 2. The SMILES string of the molecule is O=C(NNC1=CC=CN=CO1)c1ccccc1. The van der Waals surface area contributed by atoms with Crippen LogP contribution in [0.4, 0.5) is 0 Å². The summed E-state index contributed by atoms with van der Waals surface area (Å²) in [5.74, 6) is 0.159. The van der Waals surface area contributed by atoms with Crippen LogP contribution in [-0.2, 0) is 4.74 Å². The summed E-state index contributed by atoms with van der Waals surface area (Å²) < 4.78 is 5.07. The number of carbonyl (C=O) groups is 1. The van der Waals surface area contributed by atoms with Crippen molar-refractivity contribution in [3.05, 3.63) is 60.1 Å². The standard InChI is InChI=1S/C12H11N3O2/c16-12(10-5-2-1-3-6-10)15-14-11-7-4-8-13-9-17-11/h1-9,14H,(H,15,16). The average Bonchev–Trinajstić information content (AvgIpc) is 2.65. The Hall–Kier alpha value is -2.56. The Kier molecular flexibility index (Phi) is 3.54. The first kappa shape index (κ1) is 10.9. The van der Waals surface area contributed by atoms with E-state index in [4.69, 9.17) is 4.74 Å². The molecular formula is C12H11N3O2. The summed E-state index contributed by atoms with van der Waals surface area (Å²) in [6.45, 7) is 0. The molecule has 1 aliphatic rings. The lowest BCUT2D eigenvalue weighted by molar-refractivity contribution is 0.0930. The first-order chi connectivity index (χ1) is 8.36. The van der Waals surface area contributed by atoms with Gasteiger partial charge in [0.05, 0.1) is 0 Å². The predicted octanol–water partition coefficient (Wildman–Crippen LogP) is 1.33. The number of rotatable bonds is 3. The van der Waals surface area contributed by atoms with Gasteiger partial charge in [0.2, 0.25) is 5.88 Å². The second-order valence-corrected chi connectivity index (χ2v) is 3.19. The Morgan fingerprint density at radius 1 is 1.24 bits per heavy atom. The minimum absolute atomic E-state index is 0.236. The summed E-state index contributed by atoms with van der Waals surface area (Å²) in [4.78, 5) is 15.4. The topological polar surface area (TPSA) is 62.7 Å². The van der Waals surface area contributed by atoms with Crippen LogP contribution < -0.4 is 10.9 Å². The van der Waals surface area contributed by atoms with Crippen LogP contribution in [0.25, 0.3) is 0 Å². The van der Waals surface area contributed by atoms with Crippen LogP contribution in [0.5, 0.6) is 0 Å². The zero-order chi connectivity index (χ0) is 11.9. The van der Waals surface area contributed by atoms with E-state index < -0.39 is 0 Å². The molecule has 0 radical (unpaired) electrons. The summed E-state index contributed by atoms with van der Waals surface area (Å²) in [5.41, 5.74) is 5.74. The van der Waals surface area contributed by atoms with Crippen molar-refractivity contribution < 1.29 is 9.53 Å². The van der Waals surface area contributed by atoms with Gasteiger partial charge in [0.25, 0.3) is 5.91 Å². The molecule has 5 heteroatoms. The smallest absolute Gasteiger partial charge is 0.269 e. The molecule has 5 nitrogen and oxygen atoms in total. The maximum atomic E-state index is 11.7. The number of hydrogen-bond acceptors (Lipinski definition) is 4. The van der Waals surface area contributed by atoms with Gasteiger partial charge in [-0.25, -0.2) is 4.99 Å². The Bertz CT molecular complexity index is 478. The second kappa shape index (κ2) is 5.50. The van der Waals surface area contributed by atoms with Crippen molar-refractivity contribution in [2.24, 2.45) is 4.99 Å². The van der Waals surface area contributed by atoms with Gasteiger partial charge in [-0.3, -0.25) is 15.6 Å². The lowest BCUT2D eigenvalue weighted by atomic mass is 10.2. The van der Waals surface area contributed by atoms with Crippen LogP contribution in [-0.4, -0.2) is 12.3 Å². The first-order valence-corrected chi connectivity index (χ1v) is 5.03. The molecule has 17 heavy (non-hydrogen) atoms. The molecule has 0 saturated heterocycles. The molecule has 0 aliphatic carbocycles. The molecule has 0 fully saturated rings. The van der Waals surface area contributed by atoms with E-state index in [1.165, 1.54) is 6.40 Å². The molecule has 86 valence electrons. The second-order valence-electron chi connectivity index (χ2n) is 3.19. The van der Waals surface area contributed by atoms with Gasteiger partial charge in [-0.2, -0.15) is 0 Å². The van der Waals surface area contributed by atoms with Gasteiger partial charge < -0.3 is 4.74 Å². The molecule has 1 heterocycles. The normalized spacial score (nSPS) is 13.3. The molecule has 1 aromatic rings.